The van der Waals surface area contributed by atoms with Crippen molar-refractivity contribution in [3.63, 3.8) is 0 Å². The van der Waals surface area contributed by atoms with Crippen LogP contribution in [0.25, 0.3) is 33.8 Å². The van der Waals surface area contributed by atoms with Crippen LogP contribution in [0.5, 0.6) is 0 Å². The second-order valence-corrected chi connectivity index (χ2v) is 9.66. The Morgan fingerprint density at radius 2 is 1.69 bits per heavy atom. The first-order valence-electron chi connectivity index (χ1n) is 13.4. The maximum Gasteiger partial charge on any atom is 0.302 e. The molecule has 1 aliphatic rings. The molecule has 1 aliphatic heterocycles. The maximum atomic E-state index is 13.7. The number of hydrogen-bond donors (Lipinski definition) is 0. The molecule has 0 bridgehead atoms. The van der Waals surface area contributed by atoms with Gasteiger partial charge in [-0.1, -0.05) is 54.6 Å². The highest BCUT2D eigenvalue weighted by Gasteiger charge is 2.35. The van der Waals surface area contributed by atoms with Gasteiger partial charge >= 0.3 is 5.97 Å². The molecule has 0 unspecified atom stereocenters. The molecule has 0 saturated carbocycles. The minimum atomic E-state index is -0.671. The van der Waals surface area contributed by atoms with Crippen molar-refractivity contribution >= 4 is 34.6 Å². The highest BCUT2D eigenvalue weighted by atomic mass is 16.6. The number of carbonyl (C=O) groups excluding carboxylic acids is 3. The fraction of sp³-hybridized carbons (Fsp3) is 0.182. The normalized spacial score (nSPS) is 14.5. The van der Waals surface area contributed by atoms with Gasteiger partial charge in [0.1, 0.15) is 18.2 Å². The molecule has 0 N–H and O–H groups in total. The molecule has 0 atom stereocenters. The van der Waals surface area contributed by atoms with Crippen molar-refractivity contribution < 1.29 is 23.9 Å². The Morgan fingerprint density at radius 3 is 2.43 bits per heavy atom. The highest BCUT2D eigenvalue weighted by Crippen LogP contribution is 2.32. The molecule has 210 valence electrons. The first kappa shape index (κ1) is 28.2. The molecule has 0 fully saturated rings. The summed E-state index contributed by atoms with van der Waals surface area (Å²) in [6, 6.07) is 25.7. The van der Waals surface area contributed by atoms with Crippen LogP contribution in [-0.4, -0.2) is 58.8 Å². The molecule has 0 radical (unpaired) electrons. The van der Waals surface area contributed by atoms with Gasteiger partial charge in [-0.15, -0.1) is 0 Å². The predicted molar refractivity (Wildman–Crippen MR) is 157 cm³/mol. The summed E-state index contributed by atoms with van der Waals surface area (Å²) < 4.78 is 12.0. The number of imide groups is 1. The van der Waals surface area contributed by atoms with E-state index in [9.17, 15) is 19.6 Å². The summed E-state index contributed by atoms with van der Waals surface area (Å²) >= 11 is 0. The van der Waals surface area contributed by atoms with E-state index in [0.717, 1.165) is 26.9 Å². The van der Waals surface area contributed by atoms with Crippen molar-refractivity contribution in [1.29, 1.82) is 5.26 Å². The van der Waals surface area contributed by atoms with Crippen molar-refractivity contribution in [2.24, 2.45) is 0 Å². The summed E-state index contributed by atoms with van der Waals surface area (Å²) in [6.07, 6.45) is 3.52. The monoisotopic (exact) mass is 560 g/mol. The van der Waals surface area contributed by atoms with E-state index < -0.39 is 17.8 Å². The minimum absolute atomic E-state index is 0.0259. The molecule has 1 aromatic heterocycles. The third-order valence-electron chi connectivity index (χ3n) is 6.90. The number of amides is 2. The lowest BCUT2D eigenvalue weighted by molar-refractivity contribution is -0.142. The number of carbonyl (C=O) groups is 3. The SMILES string of the molecule is CC(=O)OCCOCCN1C(=O)C(C#N)=C(C)/C(=C\c2cn(-c3ccccc3)nc2-c2ccc3ccccc3c2)C1=O. The quantitative estimate of drug-likeness (QED) is 0.124. The van der Waals surface area contributed by atoms with Gasteiger partial charge in [-0.3, -0.25) is 19.3 Å². The Bertz CT molecular complexity index is 1780. The zero-order valence-electron chi connectivity index (χ0n) is 23.2. The van der Waals surface area contributed by atoms with Gasteiger partial charge in [-0.25, -0.2) is 4.68 Å². The number of hydrogen-bond acceptors (Lipinski definition) is 7. The van der Waals surface area contributed by atoms with Crippen molar-refractivity contribution in [3.05, 3.63) is 101 Å². The molecule has 9 nitrogen and oxygen atoms in total. The number of esters is 1. The molecule has 0 spiro atoms. The smallest absolute Gasteiger partial charge is 0.302 e. The summed E-state index contributed by atoms with van der Waals surface area (Å²) in [6.45, 7) is 3.04. The van der Waals surface area contributed by atoms with Gasteiger partial charge in [-0.2, -0.15) is 10.4 Å². The minimum Gasteiger partial charge on any atom is -0.463 e. The topological polar surface area (TPSA) is 115 Å². The predicted octanol–water partition coefficient (Wildman–Crippen LogP) is 4.86. The van der Waals surface area contributed by atoms with Crippen LogP contribution in [0, 0.1) is 11.3 Å². The number of fused-ring (bicyclic) bond motifs is 1. The van der Waals surface area contributed by atoms with Gasteiger partial charge in [-0.05, 0) is 47.5 Å². The number of nitriles is 1. The molecular weight excluding hydrogens is 532 g/mol. The molecule has 0 saturated heterocycles. The molecule has 0 aliphatic carbocycles. The van der Waals surface area contributed by atoms with Crippen molar-refractivity contribution in [3.8, 4) is 23.0 Å². The largest absolute Gasteiger partial charge is 0.463 e. The van der Waals surface area contributed by atoms with Crippen LogP contribution < -0.4 is 0 Å². The summed E-state index contributed by atoms with van der Waals surface area (Å²) in [5.41, 5.74) is 3.41. The number of benzene rings is 3. The van der Waals surface area contributed by atoms with Crippen LogP contribution in [0.2, 0.25) is 0 Å². The Labute approximate surface area is 242 Å². The van der Waals surface area contributed by atoms with Gasteiger partial charge in [0.05, 0.1) is 31.1 Å². The third kappa shape index (κ3) is 5.89. The average molecular weight is 561 g/mol. The number of para-hydroxylation sites is 1. The Morgan fingerprint density at radius 1 is 0.952 bits per heavy atom. The van der Waals surface area contributed by atoms with Crippen LogP contribution in [0.15, 0.2) is 95.7 Å². The molecule has 3 aromatic carbocycles. The number of nitrogens with zero attached hydrogens (tertiary/aromatic N) is 4. The summed E-state index contributed by atoms with van der Waals surface area (Å²) in [5.74, 6) is -1.62. The van der Waals surface area contributed by atoms with Crippen LogP contribution in [0.1, 0.15) is 19.4 Å². The molecular formula is C33H28N4O5. The average Bonchev–Trinajstić information content (AvgIpc) is 3.43. The lowest BCUT2D eigenvalue weighted by atomic mass is 9.93. The summed E-state index contributed by atoms with van der Waals surface area (Å²) in [5, 5.41) is 16.8. The molecule has 2 heterocycles. The van der Waals surface area contributed by atoms with Gasteiger partial charge < -0.3 is 9.47 Å². The molecule has 9 heteroatoms. The highest BCUT2D eigenvalue weighted by molar-refractivity contribution is 6.19. The first-order valence-corrected chi connectivity index (χ1v) is 13.4. The van der Waals surface area contributed by atoms with E-state index in [0.29, 0.717) is 16.8 Å². The number of rotatable bonds is 9. The summed E-state index contributed by atoms with van der Waals surface area (Å²) in [4.78, 5) is 38.6. The fourth-order valence-electron chi connectivity index (χ4n) is 4.76. The molecule has 4 aromatic rings. The lowest BCUT2D eigenvalue weighted by Gasteiger charge is -2.27. The maximum absolute atomic E-state index is 13.7. The Hall–Kier alpha value is -5.33. The van der Waals surface area contributed by atoms with Crippen LogP contribution >= 0.6 is 0 Å². The Balaban J connectivity index is 1.54. The van der Waals surface area contributed by atoms with E-state index >= 15 is 0 Å². The second-order valence-electron chi connectivity index (χ2n) is 9.66. The van der Waals surface area contributed by atoms with Gasteiger partial charge in [0.15, 0.2) is 0 Å². The first-order chi connectivity index (χ1) is 20.4. The zero-order chi connectivity index (χ0) is 29.6. The van der Waals surface area contributed by atoms with E-state index in [4.69, 9.17) is 14.6 Å². The van der Waals surface area contributed by atoms with E-state index in [1.807, 2.05) is 85.1 Å². The Kier molecular flexibility index (Phi) is 8.37. The van der Waals surface area contributed by atoms with Crippen LogP contribution in [-0.2, 0) is 23.9 Å². The zero-order valence-corrected chi connectivity index (χ0v) is 23.2. The van der Waals surface area contributed by atoms with Crippen LogP contribution in [0.3, 0.4) is 0 Å². The van der Waals surface area contributed by atoms with Gasteiger partial charge in [0, 0.05) is 29.8 Å². The molecule has 5 rings (SSSR count). The van der Waals surface area contributed by atoms with E-state index in [2.05, 4.69) is 0 Å². The molecule has 42 heavy (non-hydrogen) atoms. The van der Waals surface area contributed by atoms with Gasteiger partial charge in [0.25, 0.3) is 11.8 Å². The lowest BCUT2D eigenvalue weighted by Crippen LogP contribution is -2.44. The van der Waals surface area contributed by atoms with Crippen LogP contribution in [0.4, 0.5) is 0 Å². The van der Waals surface area contributed by atoms with E-state index in [1.54, 1.807) is 17.7 Å². The molecule has 2 amide bonds. The third-order valence-corrected chi connectivity index (χ3v) is 6.90. The second kappa shape index (κ2) is 12.5. The standard InChI is InChI=1S/C33H28N4O5/c1-22-29(32(39)36(33(40)30(22)20-34)14-15-41-16-17-42-23(2)38)19-27-21-37(28-10-4-3-5-11-28)35-31(27)26-13-12-24-8-6-7-9-25(24)18-26/h3-13,18-19,21H,14-17H2,1-2H3/b29-19+. The van der Waals surface area contributed by atoms with E-state index in [-0.39, 0.29) is 37.5 Å². The number of aromatic nitrogens is 2. The van der Waals surface area contributed by atoms with Crippen molar-refractivity contribution in [1.82, 2.24) is 14.7 Å². The van der Waals surface area contributed by atoms with Crippen molar-refractivity contribution in [2.75, 3.05) is 26.4 Å². The fourth-order valence-corrected chi connectivity index (χ4v) is 4.76. The summed E-state index contributed by atoms with van der Waals surface area (Å²) in [7, 11) is 0. The van der Waals surface area contributed by atoms with E-state index in [1.165, 1.54) is 6.92 Å². The van der Waals surface area contributed by atoms with Crippen molar-refractivity contribution in [2.45, 2.75) is 13.8 Å². The van der Waals surface area contributed by atoms with Gasteiger partial charge in [0.2, 0.25) is 0 Å². The number of ether oxygens (including phenoxy) is 2.